The van der Waals surface area contributed by atoms with Gasteiger partial charge in [0.2, 0.25) is 5.91 Å². The van der Waals surface area contributed by atoms with Gasteiger partial charge in [0.15, 0.2) is 5.84 Å². The summed E-state index contributed by atoms with van der Waals surface area (Å²) in [6.07, 6.45) is 0.786. The number of oxime groups is 1. The summed E-state index contributed by atoms with van der Waals surface area (Å²) < 4.78 is 5.47. The van der Waals surface area contributed by atoms with Crippen LogP contribution in [0.4, 0.5) is 4.79 Å². The third-order valence-corrected chi connectivity index (χ3v) is 7.18. The normalized spacial score (nSPS) is 16.7. The topological polar surface area (TPSA) is 130 Å². The van der Waals surface area contributed by atoms with Crippen LogP contribution in [0, 0.1) is 5.92 Å². The van der Waals surface area contributed by atoms with Gasteiger partial charge in [-0.15, -0.1) is 0 Å². The van der Waals surface area contributed by atoms with Gasteiger partial charge in [0.25, 0.3) is 0 Å². The molecule has 3 aromatic rings. The van der Waals surface area contributed by atoms with E-state index in [9.17, 15) is 19.5 Å². The lowest BCUT2D eigenvalue weighted by molar-refractivity contribution is -0.131. The van der Waals surface area contributed by atoms with Crippen LogP contribution in [0.5, 0.6) is 5.75 Å². The van der Waals surface area contributed by atoms with E-state index in [1.807, 2.05) is 37.3 Å². The third kappa shape index (κ3) is 7.79. The van der Waals surface area contributed by atoms with Crippen molar-refractivity contribution in [1.29, 1.82) is 0 Å². The van der Waals surface area contributed by atoms with Crippen molar-refractivity contribution in [2.75, 3.05) is 20.2 Å². The highest BCUT2D eigenvalue weighted by atomic mass is 35.5. The molecule has 42 heavy (non-hydrogen) atoms. The van der Waals surface area contributed by atoms with E-state index < -0.39 is 29.9 Å². The number of benzene rings is 3. The monoisotopic (exact) mass is 592 g/mol. The Hall–Kier alpha value is -4.57. The van der Waals surface area contributed by atoms with Gasteiger partial charge in [-0.2, -0.15) is 0 Å². The minimum Gasteiger partial charge on any atom is -0.496 e. The molecule has 0 bridgehead atoms. The van der Waals surface area contributed by atoms with Crippen LogP contribution in [0.25, 0.3) is 0 Å². The Labute approximate surface area is 249 Å². The van der Waals surface area contributed by atoms with E-state index in [1.165, 1.54) is 12.1 Å². The van der Waals surface area contributed by atoms with Gasteiger partial charge in [0.05, 0.1) is 31.2 Å². The van der Waals surface area contributed by atoms with Gasteiger partial charge in [0, 0.05) is 11.6 Å². The number of amidine groups is 1. The molecule has 0 spiro atoms. The molecule has 0 aromatic heterocycles. The van der Waals surface area contributed by atoms with Crippen LogP contribution < -0.4 is 15.4 Å². The van der Waals surface area contributed by atoms with Crippen molar-refractivity contribution in [3.8, 4) is 5.75 Å². The Kier molecular flexibility index (Phi) is 10.4. The number of hydrogen-bond acceptors (Lipinski definition) is 6. The van der Waals surface area contributed by atoms with Crippen LogP contribution >= 0.6 is 11.6 Å². The fraction of sp³-hybridized carbons (Fsp3) is 0.290. The average molecular weight is 593 g/mol. The van der Waals surface area contributed by atoms with Crippen molar-refractivity contribution in [3.05, 3.63) is 100 Å². The molecule has 3 N–H and O–H groups in total. The molecule has 3 aromatic carbocycles. The highest BCUT2D eigenvalue weighted by Crippen LogP contribution is 2.27. The van der Waals surface area contributed by atoms with Crippen molar-refractivity contribution in [2.24, 2.45) is 11.1 Å². The molecule has 4 rings (SSSR count). The maximum atomic E-state index is 13.8. The third-order valence-electron chi connectivity index (χ3n) is 6.94. The van der Waals surface area contributed by atoms with Gasteiger partial charge in [-0.25, -0.2) is 9.59 Å². The maximum absolute atomic E-state index is 13.8. The molecular formula is C31H33ClN4O6. The van der Waals surface area contributed by atoms with Crippen molar-refractivity contribution in [3.63, 3.8) is 0 Å². The summed E-state index contributed by atoms with van der Waals surface area (Å²) in [4.78, 5) is 45.4. The molecule has 2 atom stereocenters. The van der Waals surface area contributed by atoms with E-state index >= 15 is 0 Å². The number of hydrogen-bond donors (Lipinski definition) is 3. The van der Waals surface area contributed by atoms with Crippen LogP contribution in [-0.2, 0) is 22.7 Å². The Bertz CT molecular complexity index is 1430. The number of rotatable bonds is 10. The van der Waals surface area contributed by atoms with Gasteiger partial charge >= 0.3 is 12.0 Å². The first-order chi connectivity index (χ1) is 20.3. The molecular weight excluding hydrogens is 560 g/mol. The van der Waals surface area contributed by atoms with Crippen LogP contribution in [0.3, 0.4) is 0 Å². The van der Waals surface area contributed by atoms with E-state index in [4.69, 9.17) is 21.2 Å². The number of amides is 3. The molecule has 220 valence electrons. The van der Waals surface area contributed by atoms with Gasteiger partial charge in [0.1, 0.15) is 12.4 Å². The second kappa shape index (κ2) is 14.4. The van der Waals surface area contributed by atoms with Gasteiger partial charge < -0.3 is 25.3 Å². The van der Waals surface area contributed by atoms with E-state index in [1.54, 1.807) is 37.4 Å². The SMILES string of the molecule is CC[C@@H](NC(=O)N1C/C(=N/OCc2ccccc2)NC[C@@H](Cc2cc(Cl)ccc2OC)C1=O)c1ccc(C(=O)O)cc1. The summed E-state index contributed by atoms with van der Waals surface area (Å²) in [6, 6.07) is 19.9. The van der Waals surface area contributed by atoms with Crippen LogP contribution in [0.15, 0.2) is 78.0 Å². The Balaban J connectivity index is 1.57. The van der Waals surface area contributed by atoms with Gasteiger partial charge in [-0.05, 0) is 59.9 Å². The fourth-order valence-corrected chi connectivity index (χ4v) is 4.86. The van der Waals surface area contributed by atoms with E-state index in [0.29, 0.717) is 23.0 Å². The fourth-order valence-electron chi connectivity index (χ4n) is 4.66. The Morgan fingerprint density at radius 1 is 1.14 bits per heavy atom. The van der Waals surface area contributed by atoms with Crippen molar-refractivity contribution in [2.45, 2.75) is 32.4 Å². The van der Waals surface area contributed by atoms with Crippen LogP contribution in [0.2, 0.25) is 5.02 Å². The van der Waals surface area contributed by atoms with E-state index in [0.717, 1.165) is 21.6 Å². The zero-order valence-electron chi connectivity index (χ0n) is 23.4. The maximum Gasteiger partial charge on any atom is 0.335 e. The molecule has 1 aliphatic rings. The number of halogens is 1. The minimum absolute atomic E-state index is 0.128. The molecule has 0 unspecified atom stereocenters. The lowest BCUT2D eigenvalue weighted by atomic mass is 9.97. The number of carboxylic acids is 1. The zero-order valence-corrected chi connectivity index (χ0v) is 24.1. The Morgan fingerprint density at radius 2 is 1.88 bits per heavy atom. The second-order valence-electron chi connectivity index (χ2n) is 9.80. The largest absolute Gasteiger partial charge is 0.496 e. The first-order valence-corrected chi connectivity index (χ1v) is 13.9. The quantitative estimate of drug-likeness (QED) is 0.282. The zero-order chi connectivity index (χ0) is 30.1. The van der Waals surface area contributed by atoms with Crippen molar-refractivity contribution < 1.29 is 29.1 Å². The van der Waals surface area contributed by atoms with Crippen molar-refractivity contribution >= 4 is 35.3 Å². The molecule has 1 saturated heterocycles. The summed E-state index contributed by atoms with van der Waals surface area (Å²) in [6.45, 7) is 2.19. The lowest BCUT2D eigenvalue weighted by Gasteiger charge is -2.26. The number of aromatic carboxylic acids is 1. The molecule has 1 fully saturated rings. The molecule has 3 amide bonds. The molecule has 0 aliphatic carbocycles. The molecule has 11 heteroatoms. The van der Waals surface area contributed by atoms with Crippen LogP contribution in [0.1, 0.15) is 46.4 Å². The highest BCUT2D eigenvalue weighted by Gasteiger charge is 2.35. The predicted octanol–water partition coefficient (Wildman–Crippen LogP) is 5.03. The van der Waals surface area contributed by atoms with Gasteiger partial charge in [-0.3, -0.25) is 9.69 Å². The number of nitrogens with zero attached hydrogens (tertiary/aromatic N) is 2. The molecule has 1 aliphatic heterocycles. The number of carbonyl (C=O) groups is 3. The number of carbonyl (C=O) groups excluding carboxylic acids is 2. The molecule has 0 radical (unpaired) electrons. The first kappa shape index (κ1) is 30.4. The molecule has 10 nitrogen and oxygen atoms in total. The number of imide groups is 1. The summed E-state index contributed by atoms with van der Waals surface area (Å²) in [5.74, 6) is -1.16. The Morgan fingerprint density at radius 3 is 2.55 bits per heavy atom. The van der Waals surface area contributed by atoms with E-state index in [2.05, 4.69) is 15.8 Å². The number of carboxylic acid groups (broad SMARTS) is 1. The predicted molar refractivity (Wildman–Crippen MR) is 159 cm³/mol. The smallest absolute Gasteiger partial charge is 0.335 e. The second-order valence-corrected chi connectivity index (χ2v) is 10.2. The average Bonchev–Trinajstić information content (AvgIpc) is 3.15. The van der Waals surface area contributed by atoms with E-state index in [-0.39, 0.29) is 31.7 Å². The number of methoxy groups -OCH3 is 1. The van der Waals surface area contributed by atoms with Crippen molar-refractivity contribution in [1.82, 2.24) is 15.5 Å². The minimum atomic E-state index is -1.04. The lowest BCUT2D eigenvalue weighted by Crippen LogP contribution is -2.48. The molecule has 1 heterocycles. The number of ether oxygens (including phenoxy) is 1. The summed E-state index contributed by atoms with van der Waals surface area (Å²) in [5, 5.41) is 20.0. The summed E-state index contributed by atoms with van der Waals surface area (Å²) in [7, 11) is 1.54. The molecule has 0 saturated carbocycles. The van der Waals surface area contributed by atoms with Crippen LogP contribution in [-0.4, -0.2) is 53.9 Å². The number of urea groups is 1. The summed E-state index contributed by atoms with van der Waals surface area (Å²) in [5.41, 5.74) is 2.52. The standard InChI is InChI=1S/C31H33ClN4O6/c1-3-26(21-9-11-22(12-10-21)30(38)39)34-31(40)36-18-28(35-42-19-20-7-5-4-6-8-20)33-17-24(29(36)37)15-23-16-25(32)13-14-27(23)41-2/h4-14,16,24,26H,3,15,17-19H2,1-2H3,(H,33,35)(H,34,40)(H,38,39)/t24-,26-/m1/s1. The first-order valence-electron chi connectivity index (χ1n) is 13.5. The summed E-state index contributed by atoms with van der Waals surface area (Å²) >= 11 is 6.23. The number of nitrogens with one attached hydrogen (secondary N) is 2. The van der Waals surface area contributed by atoms with Gasteiger partial charge in [-0.1, -0.05) is 66.1 Å². The highest BCUT2D eigenvalue weighted by molar-refractivity contribution is 6.30.